The van der Waals surface area contributed by atoms with Crippen LogP contribution in [-0.2, 0) is 26.3 Å². The second kappa shape index (κ2) is 6.77. The SMILES string of the molecule is COC(=O)CC12CCC(c3ccc(-c4onc(C)c4CO)cc3)(CC1)CO2. The molecule has 3 heterocycles. The second-order valence-electron chi connectivity index (χ2n) is 7.82. The van der Waals surface area contributed by atoms with Gasteiger partial charge in [0.25, 0.3) is 0 Å². The summed E-state index contributed by atoms with van der Waals surface area (Å²) in [5.74, 6) is 0.426. The summed E-state index contributed by atoms with van der Waals surface area (Å²) in [5.41, 5.74) is 3.26. The molecule has 3 aliphatic rings. The average Bonchev–Trinajstić information content (AvgIpc) is 3.09. The van der Waals surface area contributed by atoms with Gasteiger partial charge >= 0.3 is 5.97 Å². The van der Waals surface area contributed by atoms with E-state index in [9.17, 15) is 9.90 Å². The third kappa shape index (κ3) is 3.07. The maximum atomic E-state index is 11.7. The lowest BCUT2D eigenvalue weighted by molar-refractivity contribution is -0.176. The summed E-state index contributed by atoms with van der Waals surface area (Å²) in [5, 5.41) is 13.5. The molecule has 27 heavy (non-hydrogen) atoms. The quantitative estimate of drug-likeness (QED) is 0.812. The van der Waals surface area contributed by atoms with E-state index in [1.807, 2.05) is 19.1 Å². The van der Waals surface area contributed by atoms with Gasteiger partial charge in [-0.1, -0.05) is 29.4 Å². The van der Waals surface area contributed by atoms with Crippen molar-refractivity contribution < 1.29 is 23.9 Å². The fraction of sp³-hybridized carbons (Fsp3) is 0.524. The number of ether oxygens (including phenoxy) is 2. The van der Waals surface area contributed by atoms with Gasteiger partial charge in [0, 0.05) is 16.5 Å². The number of nitrogens with zero attached hydrogens (tertiary/aromatic N) is 1. The van der Waals surface area contributed by atoms with Gasteiger partial charge in [-0.3, -0.25) is 4.79 Å². The molecule has 0 radical (unpaired) electrons. The second-order valence-corrected chi connectivity index (χ2v) is 7.82. The van der Waals surface area contributed by atoms with Crippen molar-refractivity contribution in [2.75, 3.05) is 13.7 Å². The van der Waals surface area contributed by atoms with E-state index in [0.717, 1.165) is 36.8 Å². The molecule has 1 aromatic heterocycles. The highest BCUT2D eigenvalue weighted by Crippen LogP contribution is 2.51. The largest absolute Gasteiger partial charge is 0.469 e. The molecule has 2 bridgehead atoms. The Labute approximate surface area is 158 Å². The molecule has 1 N–H and O–H groups in total. The number of esters is 1. The van der Waals surface area contributed by atoms with Crippen LogP contribution in [0, 0.1) is 6.92 Å². The van der Waals surface area contributed by atoms with Gasteiger partial charge in [-0.15, -0.1) is 0 Å². The van der Waals surface area contributed by atoms with Gasteiger partial charge < -0.3 is 19.1 Å². The van der Waals surface area contributed by atoms with Gasteiger partial charge in [0.05, 0.1) is 38.0 Å². The van der Waals surface area contributed by atoms with E-state index in [1.165, 1.54) is 12.7 Å². The molecule has 1 saturated carbocycles. The maximum Gasteiger partial charge on any atom is 0.308 e. The molecule has 144 valence electrons. The highest BCUT2D eigenvalue weighted by atomic mass is 16.5. The van der Waals surface area contributed by atoms with Crippen LogP contribution in [0.3, 0.4) is 0 Å². The summed E-state index contributed by atoms with van der Waals surface area (Å²) in [6.45, 7) is 2.37. The third-order valence-electron chi connectivity index (χ3n) is 6.37. The van der Waals surface area contributed by atoms with Crippen molar-refractivity contribution in [1.29, 1.82) is 0 Å². The Hall–Kier alpha value is -2.18. The Morgan fingerprint density at radius 3 is 2.48 bits per heavy atom. The molecule has 6 nitrogen and oxygen atoms in total. The van der Waals surface area contributed by atoms with E-state index in [-0.39, 0.29) is 23.6 Å². The summed E-state index contributed by atoms with van der Waals surface area (Å²) in [6.07, 6.45) is 4.10. The Kier molecular flexibility index (Phi) is 4.56. The Morgan fingerprint density at radius 1 is 1.22 bits per heavy atom. The number of hydrogen-bond acceptors (Lipinski definition) is 6. The van der Waals surface area contributed by atoms with Crippen molar-refractivity contribution in [3.63, 3.8) is 0 Å². The number of aliphatic hydroxyl groups is 1. The summed E-state index contributed by atoms with van der Waals surface area (Å²) < 4.78 is 16.4. The van der Waals surface area contributed by atoms with E-state index in [0.29, 0.717) is 24.5 Å². The minimum atomic E-state index is -0.345. The summed E-state index contributed by atoms with van der Waals surface area (Å²) >= 11 is 0. The molecule has 0 spiro atoms. The zero-order chi connectivity index (χ0) is 19.1. The molecule has 1 aliphatic carbocycles. The number of aromatic nitrogens is 1. The third-order valence-corrected chi connectivity index (χ3v) is 6.37. The monoisotopic (exact) mass is 371 g/mol. The number of carbonyl (C=O) groups is 1. The fourth-order valence-corrected chi connectivity index (χ4v) is 4.48. The first-order chi connectivity index (χ1) is 13.0. The molecule has 5 rings (SSSR count). The Balaban J connectivity index is 1.53. The first-order valence-electron chi connectivity index (χ1n) is 9.39. The van der Waals surface area contributed by atoms with E-state index < -0.39 is 0 Å². The van der Waals surface area contributed by atoms with Gasteiger partial charge in [-0.05, 0) is 38.2 Å². The zero-order valence-corrected chi connectivity index (χ0v) is 15.8. The lowest BCUT2D eigenvalue weighted by atomic mass is 9.62. The predicted octanol–water partition coefficient (Wildman–Crippen LogP) is 3.29. The lowest BCUT2D eigenvalue weighted by Crippen LogP contribution is -2.54. The molecule has 2 aliphatic heterocycles. The highest BCUT2D eigenvalue weighted by molar-refractivity contribution is 5.70. The smallest absolute Gasteiger partial charge is 0.308 e. The number of benzene rings is 1. The van der Waals surface area contributed by atoms with Crippen molar-refractivity contribution in [3.8, 4) is 11.3 Å². The molecule has 2 aromatic rings. The molecule has 2 saturated heterocycles. The molecule has 3 fully saturated rings. The van der Waals surface area contributed by atoms with E-state index in [4.69, 9.17) is 14.0 Å². The number of aryl methyl sites for hydroxylation is 1. The zero-order valence-electron chi connectivity index (χ0n) is 15.8. The Bertz CT molecular complexity index is 814. The van der Waals surface area contributed by atoms with Gasteiger partial charge in [0.2, 0.25) is 0 Å². The van der Waals surface area contributed by atoms with Crippen molar-refractivity contribution in [2.45, 2.75) is 56.7 Å². The van der Waals surface area contributed by atoms with Crippen molar-refractivity contribution in [2.24, 2.45) is 0 Å². The van der Waals surface area contributed by atoms with Crippen molar-refractivity contribution in [1.82, 2.24) is 5.16 Å². The lowest BCUT2D eigenvalue weighted by Gasteiger charge is -2.53. The first kappa shape index (κ1) is 18.2. The van der Waals surface area contributed by atoms with Crippen LogP contribution in [0.1, 0.15) is 48.9 Å². The number of rotatable bonds is 5. The van der Waals surface area contributed by atoms with E-state index >= 15 is 0 Å². The number of fused-ring (bicyclic) bond motifs is 3. The molecular formula is C21H25NO5. The highest BCUT2D eigenvalue weighted by Gasteiger charge is 2.51. The normalized spacial score (nSPS) is 26.9. The summed E-state index contributed by atoms with van der Waals surface area (Å²) in [7, 11) is 1.43. The molecule has 0 atom stereocenters. The van der Waals surface area contributed by atoms with Crippen LogP contribution in [0.15, 0.2) is 28.8 Å². The first-order valence-corrected chi connectivity index (χ1v) is 9.39. The Morgan fingerprint density at radius 2 is 1.93 bits per heavy atom. The van der Waals surface area contributed by atoms with Crippen molar-refractivity contribution in [3.05, 3.63) is 41.1 Å². The predicted molar refractivity (Wildman–Crippen MR) is 98.1 cm³/mol. The van der Waals surface area contributed by atoms with Gasteiger partial charge in [-0.2, -0.15) is 0 Å². The molecule has 0 unspecified atom stereocenters. The molecule has 1 aromatic carbocycles. The number of methoxy groups -OCH3 is 1. The van der Waals surface area contributed by atoms with Gasteiger partial charge in [0.15, 0.2) is 5.76 Å². The van der Waals surface area contributed by atoms with Gasteiger partial charge in [0.1, 0.15) is 0 Å². The van der Waals surface area contributed by atoms with Crippen LogP contribution >= 0.6 is 0 Å². The van der Waals surface area contributed by atoms with Gasteiger partial charge in [-0.25, -0.2) is 0 Å². The van der Waals surface area contributed by atoms with Crippen LogP contribution in [-0.4, -0.2) is 35.6 Å². The number of hydrogen-bond donors (Lipinski definition) is 1. The van der Waals surface area contributed by atoms with Crippen LogP contribution in [0.4, 0.5) is 0 Å². The van der Waals surface area contributed by atoms with Crippen LogP contribution in [0.2, 0.25) is 0 Å². The average molecular weight is 371 g/mol. The van der Waals surface area contributed by atoms with E-state index in [1.54, 1.807) is 0 Å². The summed E-state index contributed by atoms with van der Waals surface area (Å²) in [4.78, 5) is 11.7. The van der Waals surface area contributed by atoms with Crippen LogP contribution in [0.25, 0.3) is 11.3 Å². The minimum Gasteiger partial charge on any atom is -0.469 e. The number of aliphatic hydroxyl groups excluding tert-OH is 1. The topological polar surface area (TPSA) is 81.8 Å². The molecule has 0 amide bonds. The van der Waals surface area contributed by atoms with Crippen LogP contribution < -0.4 is 0 Å². The minimum absolute atomic E-state index is 0.00748. The molecule has 6 heteroatoms. The fourth-order valence-electron chi connectivity index (χ4n) is 4.48. The maximum absolute atomic E-state index is 11.7. The summed E-state index contributed by atoms with van der Waals surface area (Å²) in [6, 6.07) is 8.29. The standard InChI is InChI=1S/C21H25NO5/c1-14-17(12-23)19(27-22-14)15-3-5-16(6-4-15)20-7-9-21(10-8-20,26-13-20)11-18(24)25-2/h3-6,23H,7-13H2,1-2H3. The molecular weight excluding hydrogens is 346 g/mol. The number of carbonyl (C=O) groups excluding carboxylic acids is 1. The van der Waals surface area contributed by atoms with Crippen LogP contribution in [0.5, 0.6) is 0 Å². The van der Waals surface area contributed by atoms with E-state index in [2.05, 4.69) is 17.3 Å². The van der Waals surface area contributed by atoms with Crippen molar-refractivity contribution >= 4 is 5.97 Å².